The van der Waals surface area contributed by atoms with E-state index in [1.165, 1.54) is 14.7 Å². The number of alkyl halides is 1. The highest BCUT2D eigenvalue weighted by molar-refractivity contribution is 14.1. The van der Waals surface area contributed by atoms with E-state index in [1.54, 1.807) is 0 Å². The van der Waals surface area contributed by atoms with E-state index in [0.717, 1.165) is 16.2 Å². The van der Waals surface area contributed by atoms with E-state index in [-0.39, 0.29) is 0 Å². The zero-order valence-electron chi connectivity index (χ0n) is 9.74. The molecule has 94 valence electrons. The van der Waals surface area contributed by atoms with Crippen molar-refractivity contribution in [1.29, 1.82) is 0 Å². The maximum absolute atomic E-state index is 3.63. The largest absolute Gasteiger partial charge is 0.0921 e. The second-order valence-electron chi connectivity index (χ2n) is 4.24. The van der Waals surface area contributed by atoms with E-state index in [9.17, 15) is 0 Å². The van der Waals surface area contributed by atoms with Gasteiger partial charge in [-0.1, -0.05) is 56.1 Å². The highest BCUT2D eigenvalue weighted by Gasteiger charge is 2.11. The van der Waals surface area contributed by atoms with Gasteiger partial charge in [-0.05, 0) is 70.3 Å². The molecule has 18 heavy (non-hydrogen) atoms. The minimum absolute atomic E-state index is 0.516. The van der Waals surface area contributed by atoms with Gasteiger partial charge in [-0.15, -0.1) is 0 Å². The Kier molecular flexibility index (Phi) is 5.70. The standard InChI is InChI=1S/C15H13Br2I/c16-10-13(12-2-1-3-14(17)9-12)8-11-4-6-15(18)7-5-11/h1-7,9,13H,8,10H2. The topological polar surface area (TPSA) is 0 Å². The van der Waals surface area contributed by atoms with Gasteiger partial charge in [-0.2, -0.15) is 0 Å². The first-order valence-electron chi connectivity index (χ1n) is 5.75. The molecule has 0 radical (unpaired) electrons. The number of halogens is 3. The minimum Gasteiger partial charge on any atom is -0.0921 e. The Bertz CT molecular complexity index is 508. The van der Waals surface area contributed by atoms with E-state index >= 15 is 0 Å². The Morgan fingerprint density at radius 2 is 1.78 bits per heavy atom. The van der Waals surface area contributed by atoms with Crippen LogP contribution in [0.5, 0.6) is 0 Å². The normalized spacial score (nSPS) is 12.4. The van der Waals surface area contributed by atoms with Gasteiger partial charge in [-0.3, -0.25) is 0 Å². The predicted octanol–water partition coefficient (Wildman–Crippen LogP) is 5.77. The molecule has 0 aromatic heterocycles. The molecule has 0 saturated carbocycles. The van der Waals surface area contributed by atoms with Crippen LogP contribution in [-0.4, -0.2) is 5.33 Å². The van der Waals surface area contributed by atoms with Crippen LogP contribution in [0.2, 0.25) is 0 Å². The van der Waals surface area contributed by atoms with Crippen LogP contribution in [0.15, 0.2) is 53.0 Å². The Hall–Kier alpha value is 0.130. The van der Waals surface area contributed by atoms with Crippen LogP contribution in [-0.2, 0) is 6.42 Å². The van der Waals surface area contributed by atoms with Gasteiger partial charge in [-0.25, -0.2) is 0 Å². The van der Waals surface area contributed by atoms with E-state index in [4.69, 9.17) is 0 Å². The second kappa shape index (κ2) is 7.06. The molecule has 1 atom stereocenters. The zero-order valence-corrected chi connectivity index (χ0v) is 15.1. The Morgan fingerprint density at radius 3 is 2.39 bits per heavy atom. The molecule has 0 N–H and O–H groups in total. The molecule has 0 fully saturated rings. The van der Waals surface area contributed by atoms with Gasteiger partial charge >= 0.3 is 0 Å². The quantitative estimate of drug-likeness (QED) is 0.385. The molecule has 0 aliphatic carbocycles. The average molecular weight is 480 g/mol. The molecule has 0 nitrogen and oxygen atoms in total. The van der Waals surface area contributed by atoms with Crippen molar-refractivity contribution in [2.75, 3.05) is 5.33 Å². The molecule has 2 rings (SSSR count). The summed E-state index contributed by atoms with van der Waals surface area (Å²) in [6.45, 7) is 0. The summed E-state index contributed by atoms with van der Waals surface area (Å²) in [5.41, 5.74) is 2.76. The van der Waals surface area contributed by atoms with Gasteiger partial charge in [0.05, 0.1) is 0 Å². The third-order valence-electron chi connectivity index (χ3n) is 2.90. The fraction of sp³-hybridized carbons (Fsp3) is 0.200. The van der Waals surface area contributed by atoms with Crippen molar-refractivity contribution in [3.05, 3.63) is 67.7 Å². The SMILES string of the molecule is BrCC(Cc1ccc(I)cc1)c1cccc(Br)c1. The molecular formula is C15H13Br2I. The van der Waals surface area contributed by atoms with Crippen LogP contribution >= 0.6 is 54.5 Å². The summed E-state index contributed by atoms with van der Waals surface area (Å²) in [5, 5.41) is 0.982. The maximum Gasteiger partial charge on any atom is 0.0178 e. The van der Waals surface area contributed by atoms with Crippen molar-refractivity contribution >= 4 is 54.5 Å². The minimum atomic E-state index is 0.516. The monoisotopic (exact) mass is 478 g/mol. The number of benzene rings is 2. The molecule has 0 saturated heterocycles. The summed E-state index contributed by atoms with van der Waals surface area (Å²) in [5.74, 6) is 0.516. The Morgan fingerprint density at radius 1 is 1.06 bits per heavy atom. The van der Waals surface area contributed by atoms with Gasteiger partial charge in [0.15, 0.2) is 0 Å². The van der Waals surface area contributed by atoms with E-state index in [0.29, 0.717) is 5.92 Å². The maximum atomic E-state index is 3.63. The van der Waals surface area contributed by atoms with Crippen molar-refractivity contribution in [2.45, 2.75) is 12.3 Å². The second-order valence-corrected chi connectivity index (χ2v) is 7.05. The molecule has 2 aromatic rings. The number of hydrogen-bond donors (Lipinski definition) is 0. The Balaban J connectivity index is 2.17. The lowest BCUT2D eigenvalue weighted by molar-refractivity contribution is 0.775. The number of rotatable bonds is 4. The first kappa shape index (κ1) is 14.5. The van der Waals surface area contributed by atoms with Crippen molar-refractivity contribution < 1.29 is 0 Å². The molecule has 0 amide bonds. The highest BCUT2D eigenvalue weighted by Crippen LogP contribution is 2.25. The van der Waals surface area contributed by atoms with Crippen LogP contribution in [0.4, 0.5) is 0 Å². The van der Waals surface area contributed by atoms with E-state index in [1.807, 2.05) is 0 Å². The molecule has 1 unspecified atom stereocenters. The summed E-state index contributed by atoms with van der Waals surface area (Å²) in [6.07, 6.45) is 1.07. The third kappa shape index (κ3) is 4.07. The molecular weight excluding hydrogens is 467 g/mol. The lowest BCUT2D eigenvalue weighted by atomic mass is 9.94. The molecule has 0 bridgehead atoms. The van der Waals surface area contributed by atoms with Gasteiger partial charge in [0.2, 0.25) is 0 Å². The van der Waals surface area contributed by atoms with Gasteiger partial charge < -0.3 is 0 Å². The average Bonchev–Trinajstić information content (AvgIpc) is 2.38. The highest BCUT2D eigenvalue weighted by atomic mass is 127. The van der Waals surface area contributed by atoms with Crippen LogP contribution in [0.25, 0.3) is 0 Å². The third-order valence-corrected chi connectivity index (χ3v) is 4.90. The molecule has 3 heteroatoms. The van der Waals surface area contributed by atoms with Gasteiger partial charge in [0, 0.05) is 13.4 Å². The summed E-state index contributed by atoms with van der Waals surface area (Å²) in [4.78, 5) is 0. The van der Waals surface area contributed by atoms with Crippen LogP contribution in [0, 0.1) is 3.57 Å². The molecule has 0 heterocycles. The molecule has 0 aliphatic heterocycles. The van der Waals surface area contributed by atoms with Crippen molar-refractivity contribution in [3.63, 3.8) is 0 Å². The fourth-order valence-corrected chi connectivity index (χ4v) is 3.31. The molecule has 0 aliphatic rings. The molecule has 2 aromatic carbocycles. The lowest BCUT2D eigenvalue weighted by Crippen LogP contribution is -2.04. The Labute approximate surface area is 139 Å². The first-order valence-corrected chi connectivity index (χ1v) is 8.74. The number of hydrogen-bond acceptors (Lipinski definition) is 0. The fourth-order valence-electron chi connectivity index (χ4n) is 1.93. The smallest absolute Gasteiger partial charge is 0.0178 e. The van der Waals surface area contributed by atoms with Crippen molar-refractivity contribution in [3.8, 4) is 0 Å². The summed E-state index contributed by atoms with van der Waals surface area (Å²) in [7, 11) is 0. The van der Waals surface area contributed by atoms with Crippen LogP contribution < -0.4 is 0 Å². The summed E-state index contributed by atoms with van der Waals surface area (Å²) in [6, 6.07) is 17.3. The zero-order chi connectivity index (χ0) is 13.0. The predicted molar refractivity (Wildman–Crippen MR) is 93.5 cm³/mol. The van der Waals surface area contributed by atoms with E-state index in [2.05, 4.69) is 103 Å². The van der Waals surface area contributed by atoms with Crippen molar-refractivity contribution in [1.82, 2.24) is 0 Å². The van der Waals surface area contributed by atoms with Gasteiger partial charge in [0.1, 0.15) is 0 Å². The van der Waals surface area contributed by atoms with Crippen LogP contribution in [0.1, 0.15) is 17.0 Å². The van der Waals surface area contributed by atoms with Gasteiger partial charge in [0.25, 0.3) is 0 Å². The van der Waals surface area contributed by atoms with Crippen LogP contribution in [0.3, 0.4) is 0 Å². The molecule has 0 spiro atoms. The lowest BCUT2D eigenvalue weighted by Gasteiger charge is -2.15. The summed E-state index contributed by atoms with van der Waals surface area (Å²) >= 11 is 9.51. The van der Waals surface area contributed by atoms with Crippen molar-refractivity contribution in [2.24, 2.45) is 0 Å². The van der Waals surface area contributed by atoms with E-state index < -0.39 is 0 Å². The summed E-state index contributed by atoms with van der Waals surface area (Å²) < 4.78 is 2.43. The first-order chi connectivity index (χ1) is 8.69.